The molecule has 2 aliphatic rings. The molecular formula is C23H32N4O3. The van der Waals surface area contributed by atoms with Crippen LogP contribution in [-0.4, -0.2) is 65.2 Å². The number of ether oxygens (including phenoxy) is 1. The van der Waals surface area contributed by atoms with E-state index in [2.05, 4.69) is 28.9 Å². The topological polar surface area (TPSA) is 71.7 Å². The minimum Gasteiger partial charge on any atom is -0.484 e. The van der Waals surface area contributed by atoms with E-state index in [-0.39, 0.29) is 23.8 Å². The minimum absolute atomic E-state index is 0.0518. The average molecular weight is 413 g/mol. The number of nitrogens with zero attached hydrogens (tertiary/aromatic N) is 4. The van der Waals surface area contributed by atoms with Crippen molar-refractivity contribution in [2.45, 2.75) is 39.5 Å². The molecule has 0 radical (unpaired) electrons. The van der Waals surface area contributed by atoms with Crippen molar-refractivity contribution in [2.24, 2.45) is 11.3 Å². The van der Waals surface area contributed by atoms with Gasteiger partial charge in [0, 0.05) is 39.6 Å². The van der Waals surface area contributed by atoms with Crippen molar-refractivity contribution in [3.05, 3.63) is 42.1 Å². The molecule has 1 aromatic carbocycles. The first-order chi connectivity index (χ1) is 14.4. The van der Waals surface area contributed by atoms with E-state index in [0.717, 1.165) is 57.2 Å². The van der Waals surface area contributed by atoms with Crippen LogP contribution in [0.1, 0.15) is 44.4 Å². The number of amides is 1. The Kier molecular flexibility index (Phi) is 6.09. The quantitative estimate of drug-likeness (QED) is 0.726. The van der Waals surface area contributed by atoms with Crippen LogP contribution in [0.5, 0.6) is 5.75 Å². The summed E-state index contributed by atoms with van der Waals surface area (Å²) in [5.41, 5.74) is 0.0882. The molecule has 4 rings (SSSR count). The van der Waals surface area contributed by atoms with Crippen molar-refractivity contribution in [3.8, 4) is 5.75 Å². The van der Waals surface area contributed by atoms with Crippen LogP contribution in [0, 0.1) is 18.3 Å². The second-order valence-corrected chi connectivity index (χ2v) is 9.14. The normalized spacial score (nSPS) is 21.5. The molecule has 1 atom stereocenters. The van der Waals surface area contributed by atoms with E-state index in [4.69, 9.17) is 9.15 Å². The maximum atomic E-state index is 12.7. The minimum atomic E-state index is 0.0518. The fourth-order valence-corrected chi connectivity index (χ4v) is 4.98. The summed E-state index contributed by atoms with van der Waals surface area (Å²) in [6.07, 6.45) is 1.90. The molecule has 162 valence electrons. The Morgan fingerprint density at radius 2 is 1.97 bits per heavy atom. The molecule has 2 aromatic rings. The van der Waals surface area contributed by atoms with Gasteiger partial charge in [0.25, 0.3) is 5.91 Å². The Hall–Kier alpha value is -2.41. The van der Waals surface area contributed by atoms with E-state index in [0.29, 0.717) is 11.8 Å². The molecule has 1 spiro atoms. The summed E-state index contributed by atoms with van der Waals surface area (Å²) in [5.74, 6) is 3.00. The summed E-state index contributed by atoms with van der Waals surface area (Å²) >= 11 is 0. The van der Waals surface area contributed by atoms with Gasteiger partial charge in [0.1, 0.15) is 5.75 Å². The SMILES string of the molecule is Cc1nnc(C2CN(CC(C)C)CC23CCN(C(=O)COc2ccccc2)CC3)o1. The molecule has 2 aliphatic heterocycles. The number of para-hydroxylation sites is 1. The number of carbonyl (C=O) groups excluding carboxylic acids is 1. The number of rotatable bonds is 6. The van der Waals surface area contributed by atoms with Crippen molar-refractivity contribution < 1.29 is 13.9 Å². The zero-order valence-electron chi connectivity index (χ0n) is 18.2. The highest BCUT2D eigenvalue weighted by atomic mass is 16.5. The fraction of sp³-hybridized carbons (Fsp3) is 0.609. The van der Waals surface area contributed by atoms with Gasteiger partial charge in [-0.1, -0.05) is 32.0 Å². The van der Waals surface area contributed by atoms with Gasteiger partial charge >= 0.3 is 0 Å². The predicted molar refractivity (Wildman–Crippen MR) is 113 cm³/mol. The van der Waals surface area contributed by atoms with E-state index >= 15 is 0 Å². The Balaban J connectivity index is 1.40. The number of likely N-dealkylation sites (tertiary alicyclic amines) is 2. The largest absolute Gasteiger partial charge is 0.484 e. The van der Waals surface area contributed by atoms with Crippen LogP contribution in [-0.2, 0) is 4.79 Å². The molecule has 0 N–H and O–H groups in total. The summed E-state index contributed by atoms with van der Waals surface area (Å²) in [5, 5.41) is 8.44. The highest BCUT2D eigenvalue weighted by Crippen LogP contribution is 2.49. The van der Waals surface area contributed by atoms with Crippen LogP contribution < -0.4 is 4.74 Å². The lowest BCUT2D eigenvalue weighted by molar-refractivity contribution is -0.135. The van der Waals surface area contributed by atoms with Crippen LogP contribution in [0.15, 0.2) is 34.7 Å². The summed E-state index contributed by atoms with van der Waals surface area (Å²) in [6, 6.07) is 9.50. The van der Waals surface area contributed by atoms with E-state index in [1.54, 1.807) is 0 Å². The maximum Gasteiger partial charge on any atom is 0.260 e. The summed E-state index contributed by atoms with van der Waals surface area (Å²) in [7, 11) is 0. The molecule has 1 unspecified atom stereocenters. The zero-order valence-corrected chi connectivity index (χ0v) is 18.2. The number of piperidine rings is 1. The molecule has 0 aliphatic carbocycles. The van der Waals surface area contributed by atoms with Gasteiger partial charge in [0.2, 0.25) is 11.8 Å². The molecule has 7 heteroatoms. The first kappa shape index (κ1) is 20.8. The Morgan fingerprint density at radius 3 is 2.60 bits per heavy atom. The zero-order chi connectivity index (χ0) is 21.1. The third-order valence-electron chi connectivity index (χ3n) is 6.40. The second kappa shape index (κ2) is 8.76. The van der Waals surface area contributed by atoms with Gasteiger partial charge in [-0.15, -0.1) is 10.2 Å². The van der Waals surface area contributed by atoms with Gasteiger partial charge in [-0.05, 0) is 36.3 Å². The van der Waals surface area contributed by atoms with E-state index in [9.17, 15) is 4.79 Å². The van der Waals surface area contributed by atoms with E-state index in [1.165, 1.54) is 0 Å². The van der Waals surface area contributed by atoms with Crippen LogP contribution in [0.4, 0.5) is 0 Å². The second-order valence-electron chi connectivity index (χ2n) is 9.14. The van der Waals surface area contributed by atoms with Crippen LogP contribution in [0.2, 0.25) is 0 Å². The maximum absolute atomic E-state index is 12.7. The van der Waals surface area contributed by atoms with E-state index < -0.39 is 0 Å². The predicted octanol–water partition coefficient (Wildman–Crippen LogP) is 3.12. The van der Waals surface area contributed by atoms with Crippen molar-refractivity contribution >= 4 is 5.91 Å². The third kappa shape index (κ3) is 4.51. The summed E-state index contributed by atoms with van der Waals surface area (Å²) < 4.78 is 11.5. The van der Waals surface area contributed by atoms with Crippen molar-refractivity contribution in [3.63, 3.8) is 0 Å². The molecule has 7 nitrogen and oxygen atoms in total. The average Bonchev–Trinajstić information content (AvgIpc) is 3.30. The first-order valence-electron chi connectivity index (χ1n) is 10.9. The first-order valence-corrected chi connectivity index (χ1v) is 10.9. The van der Waals surface area contributed by atoms with Gasteiger partial charge in [0.15, 0.2) is 6.61 Å². The van der Waals surface area contributed by atoms with Gasteiger partial charge in [-0.3, -0.25) is 4.79 Å². The highest BCUT2D eigenvalue weighted by Gasteiger charge is 2.51. The highest BCUT2D eigenvalue weighted by molar-refractivity contribution is 5.77. The number of hydrogen-bond donors (Lipinski definition) is 0. The summed E-state index contributed by atoms with van der Waals surface area (Å²) in [6.45, 7) is 11.0. The van der Waals surface area contributed by atoms with Crippen LogP contribution in [0.25, 0.3) is 0 Å². The standard InChI is InChI=1S/C23H32N4O3/c1-17(2)13-26-14-20(22-25-24-18(3)30-22)23(16-26)9-11-27(12-10-23)21(28)15-29-19-7-5-4-6-8-19/h4-8,17,20H,9-16H2,1-3H3. The van der Waals surface area contributed by atoms with E-state index in [1.807, 2.05) is 42.2 Å². The van der Waals surface area contributed by atoms with Crippen molar-refractivity contribution in [1.29, 1.82) is 0 Å². The molecule has 0 bridgehead atoms. The number of carbonyl (C=O) groups is 1. The van der Waals surface area contributed by atoms with Gasteiger partial charge in [-0.2, -0.15) is 0 Å². The third-order valence-corrected chi connectivity index (χ3v) is 6.40. The smallest absolute Gasteiger partial charge is 0.260 e. The molecule has 1 amide bonds. The van der Waals surface area contributed by atoms with Crippen LogP contribution in [0.3, 0.4) is 0 Å². The van der Waals surface area contributed by atoms with Gasteiger partial charge in [0.05, 0.1) is 5.92 Å². The number of aryl methyl sites for hydroxylation is 1. The number of hydrogen-bond acceptors (Lipinski definition) is 6. The fourth-order valence-electron chi connectivity index (χ4n) is 4.98. The Morgan fingerprint density at radius 1 is 1.23 bits per heavy atom. The molecule has 2 saturated heterocycles. The Bertz CT molecular complexity index is 843. The molecule has 0 saturated carbocycles. The van der Waals surface area contributed by atoms with Crippen molar-refractivity contribution in [1.82, 2.24) is 20.0 Å². The lowest BCUT2D eigenvalue weighted by Crippen LogP contribution is -2.47. The number of benzene rings is 1. The summed E-state index contributed by atoms with van der Waals surface area (Å²) in [4.78, 5) is 17.2. The monoisotopic (exact) mass is 412 g/mol. The lowest BCUT2D eigenvalue weighted by atomic mass is 9.70. The van der Waals surface area contributed by atoms with Gasteiger partial charge in [-0.25, -0.2) is 0 Å². The molecular weight excluding hydrogens is 380 g/mol. The lowest BCUT2D eigenvalue weighted by Gasteiger charge is -2.41. The molecule has 1 aromatic heterocycles. The molecule has 30 heavy (non-hydrogen) atoms. The number of aromatic nitrogens is 2. The molecule has 3 heterocycles. The van der Waals surface area contributed by atoms with Gasteiger partial charge < -0.3 is 19.0 Å². The van der Waals surface area contributed by atoms with Crippen LogP contribution >= 0.6 is 0 Å². The molecule has 2 fully saturated rings. The Labute approximate surface area is 178 Å². The van der Waals surface area contributed by atoms with Crippen molar-refractivity contribution in [2.75, 3.05) is 39.3 Å².